The third kappa shape index (κ3) is 6.16. The van der Waals surface area contributed by atoms with E-state index in [1.807, 2.05) is 12.1 Å². The molecule has 21 heavy (non-hydrogen) atoms. The standard InChI is InChI=1S/C16H28N2O2S/c1-4-6-7-14(5-2)12-18-13(3)15-8-10-16(11-9-15)21(17,19)20/h8-11,13-14,18H,4-7,12H2,1-3H3,(H2,17,19,20). The molecule has 0 fully saturated rings. The second kappa shape index (κ2) is 8.51. The maximum atomic E-state index is 11.2. The summed E-state index contributed by atoms with van der Waals surface area (Å²) in [7, 11) is -3.61. The van der Waals surface area contributed by atoms with Crippen molar-refractivity contribution in [1.82, 2.24) is 5.32 Å². The van der Waals surface area contributed by atoms with Crippen molar-refractivity contribution in [3.05, 3.63) is 29.8 Å². The SMILES string of the molecule is CCCCC(CC)CNC(C)c1ccc(S(N)(=O)=O)cc1. The Kier molecular flexibility index (Phi) is 7.35. The van der Waals surface area contributed by atoms with E-state index in [0.717, 1.165) is 12.1 Å². The molecule has 0 bridgehead atoms. The van der Waals surface area contributed by atoms with Gasteiger partial charge in [-0.25, -0.2) is 13.6 Å². The number of hydrogen-bond donors (Lipinski definition) is 2. The lowest BCUT2D eigenvalue weighted by molar-refractivity contribution is 0.398. The van der Waals surface area contributed by atoms with Gasteiger partial charge in [-0.3, -0.25) is 0 Å². The second-order valence-electron chi connectivity index (χ2n) is 5.66. The van der Waals surface area contributed by atoms with Crippen LogP contribution in [0.1, 0.15) is 58.1 Å². The maximum absolute atomic E-state index is 11.2. The highest BCUT2D eigenvalue weighted by Gasteiger charge is 2.11. The molecule has 0 aliphatic heterocycles. The van der Waals surface area contributed by atoms with Crippen LogP contribution in [0.15, 0.2) is 29.2 Å². The molecule has 0 saturated heterocycles. The molecule has 0 spiro atoms. The van der Waals surface area contributed by atoms with E-state index in [4.69, 9.17) is 5.14 Å². The normalized spacial score (nSPS) is 14.9. The lowest BCUT2D eigenvalue weighted by atomic mass is 9.98. The summed E-state index contributed by atoms with van der Waals surface area (Å²) in [5.74, 6) is 0.705. The zero-order chi connectivity index (χ0) is 15.9. The molecule has 0 amide bonds. The Morgan fingerprint density at radius 1 is 1.19 bits per heavy atom. The van der Waals surface area contributed by atoms with Crippen LogP contribution in [0.2, 0.25) is 0 Å². The molecule has 1 aromatic carbocycles. The Labute approximate surface area is 129 Å². The fraction of sp³-hybridized carbons (Fsp3) is 0.625. The summed E-state index contributed by atoms with van der Waals surface area (Å²) >= 11 is 0. The monoisotopic (exact) mass is 312 g/mol. The van der Waals surface area contributed by atoms with Gasteiger partial charge in [-0.1, -0.05) is 45.2 Å². The van der Waals surface area contributed by atoms with E-state index in [1.165, 1.54) is 25.7 Å². The van der Waals surface area contributed by atoms with Crippen molar-refractivity contribution >= 4 is 10.0 Å². The minimum absolute atomic E-state index is 0.160. The molecule has 2 atom stereocenters. The molecule has 0 aromatic heterocycles. The van der Waals surface area contributed by atoms with Gasteiger partial charge in [0.2, 0.25) is 10.0 Å². The van der Waals surface area contributed by atoms with Gasteiger partial charge in [-0.2, -0.15) is 0 Å². The average molecular weight is 312 g/mol. The molecular weight excluding hydrogens is 284 g/mol. The highest BCUT2D eigenvalue weighted by molar-refractivity contribution is 7.89. The van der Waals surface area contributed by atoms with E-state index >= 15 is 0 Å². The molecule has 0 aliphatic carbocycles. The van der Waals surface area contributed by atoms with Crippen LogP contribution >= 0.6 is 0 Å². The molecule has 5 heteroatoms. The highest BCUT2D eigenvalue weighted by atomic mass is 32.2. The predicted molar refractivity (Wildman–Crippen MR) is 87.5 cm³/mol. The summed E-state index contributed by atoms with van der Waals surface area (Å²) < 4.78 is 22.5. The number of rotatable bonds is 9. The quantitative estimate of drug-likeness (QED) is 0.735. The van der Waals surface area contributed by atoms with E-state index < -0.39 is 10.0 Å². The van der Waals surface area contributed by atoms with Crippen LogP contribution in [0.25, 0.3) is 0 Å². The third-order valence-electron chi connectivity index (χ3n) is 3.96. The van der Waals surface area contributed by atoms with Crippen molar-refractivity contribution < 1.29 is 8.42 Å². The first kappa shape index (κ1) is 18.1. The van der Waals surface area contributed by atoms with E-state index in [9.17, 15) is 8.42 Å². The second-order valence-corrected chi connectivity index (χ2v) is 7.22. The Morgan fingerprint density at radius 2 is 1.81 bits per heavy atom. The fourth-order valence-corrected chi connectivity index (χ4v) is 2.87. The molecule has 3 N–H and O–H groups in total. The zero-order valence-electron chi connectivity index (χ0n) is 13.3. The average Bonchev–Trinajstić information content (AvgIpc) is 2.46. The number of unbranched alkanes of at least 4 members (excludes halogenated alkanes) is 1. The van der Waals surface area contributed by atoms with E-state index in [1.54, 1.807) is 12.1 Å². The molecule has 2 unspecified atom stereocenters. The van der Waals surface area contributed by atoms with Crippen LogP contribution in [0.5, 0.6) is 0 Å². The number of primary sulfonamides is 1. The highest BCUT2D eigenvalue weighted by Crippen LogP contribution is 2.17. The number of nitrogens with one attached hydrogen (secondary N) is 1. The number of nitrogens with two attached hydrogens (primary N) is 1. The van der Waals surface area contributed by atoms with Crippen molar-refractivity contribution in [3.8, 4) is 0 Å². The molecule has 1 rings (SSSR count). The summed E-state index contributed by atoms with van der Waals surface area (Å²) in [6.45, 7) is 7.54. The first-order valence-electron chi connectivity index (χ1n) is 7.74. The topological polar surface area (TPSA) is 72.2 Å². The van der Waals surface area contributed by atoms with Crippen LogP contribution in [0.4, 0.5) is 0 Å². The zero-order valence-corrected chi connectivity index (χ0v) is 14.1. The van der Waals surface area contributed by atoms with Crippen molar-refractivity contribution in [3.63, 3.8) is 0 Å². The Bertz CT molecular complexity index is 512. The largest absolute Gasteiger partial charge is 0.310 e. The third-order valence-corrected chi connectivity index (χ3v) is 4.89. The van der Waals surface area contributed by atoms with Crippen molar-refractivity contribution in [2.24, 2.45) is 11.1 Å². The predicted octanol–water partition coefficient (Wildman–Crippen LogP) is 3.20. The number of benzene rings is 1. The summed E-state index contributed by atoms with van der Waals surface area (Å²) in [6, 6.07) is 6.98. The molecule has 4 nitrogen and oxygen atoms in total. The first-order valence-corrected chi connectivity index (χ1v) is 9.29. The smallest absolute Gasteiger partial charge is 0.238 e. The van der Waals surface area contributed by atoms with Crippen LogP contribution in [-0.2, 0) is 10.0 Å². The number of hydrogen-bond acceptors (Lipinski definition) is 3. The van der Waals surface area contributed by atoms with Gasteiger partial charge in [0.25, 0.3) is 0 Å². The van der Waals surface area contributed by atoms with Crippen molar-refractivity contribution in [2.75, 3.05) is 6.54 Å². The first-order chi connectivity index (χ1) is 9.88. The Morgan fingerprint density at radius 3 is 2.29 bits per heavy atom. The van der Waals surface area contributed by atoms with Crippen LogP contribution in [0, 0.1) is 5.92 Å². The van der Waals surface area contributed by atoms with E-state index in [0.29, 0.717) is 5.92 Å². The fourth-order valence-electron chi connectivity index (χ4n) is 2.35. The lowest BCUT2D eigenvalue weighted by Crippen LogP contribution is -2.25. The van der Waals surface area contributed by atoms with Crippen LogP contribution < -0.4 is 10.5 Å². The minimum Gasteiger partial charge on any atom is -0.310 e. The molecule has 0 heterocycles. The lowest BCUT2D eigenvalue weighted by Gasteiger charge is -2.20. The van der Waals surface area contributed by atoms with Crippen LogP contribution in [0.3, 0.4) is 0 Å². The molecular formula is C16H28N2O2S. The van der Waals surface area contributed by atoms with Gasteiger partial charge in [0.05, 0.1) is 4.90 Å². The van der Waals surface area contributed by atoms with Crippen molar-refractivity contribution in [1.29, 1.82) is 0 Å². The Balaban J connectivity index is 2.57. The minimum atomic E-state index is -3.61. The van der Waals surface area contributed by atoms with Gasteiger partial charge in [-0.05, 0) is 43.5 Å². The van der Waals surface area contributed by atoms with E-state index in [-0.39, 0.29) is 10.9 Å². The van der Waals surface area contributed by atoms with Gasteiger partial charge in [0.15, 0.2) is 0 Å². The molecule has 0 radical (unpaired) electrons. The van der Waals surface area contributed by atoms with Gasteiger partial charge < -0.3 is 5.32 Å². The maximum Gasteiger partial charge on any atom is 0.238 e. The molecule has 120 valence electrons. The van der Waals surface area contributed by atoms with Crippen molar-refractivity contribution in [2.45, 2.75) is 57.4 Å². The molecule has 1 aromatic rings. The molecule has 0 saturated carbocycles. The van der Waals surface area contributed by atoms with E-state index in [2.05, 4.69) is 26.1 Å². The number of sulfonamides is 1. The van der Waals surface area contributed by atoms with Gasteiger partial charge in [0.1, 0.15) is 0 Å². The summed E-state index contributed by atoms with van der Waals surface area (Å²) in [5, 5.41) is 8.64. The summed E-state index contributed by atoms with van der Waals surface area (Å²) in [6.07, 6.45) is 4.96. The molecule has 0 aliphatic rings. The Hall–Kier alpha value is -0.910. The van der Waals surface area contributed by atoms with Gasteiger partial charge in [0, 0.05) is 6.04 Å². The summed E-state index contributed by atoms with van der Waals surface area (Å²) in [5.41, 5.74) is 1.08. The van der Waals surface area contributed by atoms with Gasteiger partial charge >= 0.3 is 0 Å². The van der Waals surface area contributed by atoms with Crippen LogP contribution in [-0.4, -0.2) is 15.0 Å². The van der Waals surface area contributed by atoms with Gasteiger partial charge in [-0.15, -0.1) is 0 Å². The summed E-state index contributed by atoms with van der Waals surface area (Å²) in [4.78, 5) is 0.160.